The molecule has 43 heteroatoms. The Morgan fingerprint density at radius 2 is 1.25 bits per heavy atom. The molecule has 7 fully saturated rings. The number of aromatic nitrogens is 4. The summed E-state index contributed by atoms with van der Waals surface area (Å²) >= 11 is 6.30. The van der Waals surface area contributed by atoms with Crippen molar-refractivity contribution in [3.63, 3.8) is 0 Å². The zero-order chi connectivity index (χ0) is 89.9. The van der Waals surface area contributed by atoms with E-state index in [-0.39, 0.29) is 98.3 Å². The van der Waals surface area contributed by atoms with Crippen molar-refractivity contribution in [1.29, 1.82) is 0 Å². The first-order valence-corrected chi connectivity index (χ1v) is 45.3. The Kier molecular flexibility index (Phi) is 34.5. The van der Waals surface area contributed by atoms with Crippen molar-refractivity contribution in [2.75, 3.05) is 92.5 Å². The number of ketones is 1. The van der Waals surface area contributed by atoms with Crippen molar-refractivity contribution >= 4 is 103 Å². The zero-order valence-corrected chi connectivity index (χ0v) is 72.6. The first-order chi connectivity index (χ1) is 59.0. The van der Waals surface area contributed by atoms with Crippen LogP contribution in [0.1, 0.15) is 127 Å². The number of ether oxygens (including phenoxy) is 8. The summed E-state index contributed by atoms with van der Waals surface area (Å²) < 4.78 is 64.5. The highest BCUT2D eigenvalue weighted by Crippen LogP contribution is 2.71. The highest BCUT2D eigenvalue weighted by Gasteiger charge is 2.76. The van der Waals surface area contributed by atoms with Crippen molar-refractivity contribution in [1.82, 2.24) is 41.2 Å². The maximum Gasteiger partial charge on any atom is 0.326 e. The molecule has 6 heterocycles. The number of halogens is 2. The summed E-state index contributed by atoms with van der Waals surface area (Å²) in [7, 11) is 1.80. The van der Waals surface area contributed by atoms with E-state index in [2.05, 4.69) is 57.1 Å². The van der Waals surface area contributed by atoms with Crippen LogP contribution in [0.15, 0.2) is 54.3 Å². The van der Waals surface area contributed by atoms with E-state index in [9.17, 15) is 100 Å². The van der Waals surface area contributed by atoms with Gasteiger partial charge < -0.3 is 147 Å². The number of hydrogen-bond acceptors (Lipinski definition) is 36. The Morgan fingerprint density at radius 3 is 1.88 bits per heavy atom. The Balaban J connectivity index is 0.532. The van der Waals surface area contributed by atoms with Crippen LogP contribution in [0, 0.1) is 28.6 Å². The third-order valence-electron chi connectivity index (χ3n) is 25.5. The van der Waals surface area contributed by atoms with Gasteiger partial charge in [-0.2, -0.15) is 33.5 Å². The molecule has 2 aromatic heterocycles. The number of anilines is 3. The number of rotatable bonds is 41. The third kappa shape index (κ3) is 21.8. The number of nitrogens with zero attached hydrogens (tertiary/aromatic N) is 5. The van der Waals surface area contributed by atoms with Gasteiger partial charge in [-0.05, 0) is 119 Å². The first kappa shape index (κ1) is 98.4. The summed E-state index contributed by atoms with van der Waals surface area (Å²) in [6.07, 6.45) is -22.7. The fourth-order valence-corrected chi connectivity index (χ4v) is 21.1. The third-order valence-corrected chi connectivity index (χ3v) is 28.8. The number of carbonyl (C=O) groups excluding carboxylic acids is 5. The molecule has 29 atom stereocenters. The number of carboxylic acid groups (broad SMARTS) is 1. The lowest BCUT2D eigenvalue weighted by Gasteiger charge is -2.62. The summed E-state index contributed by atoms with van der Waals surface area (Å²) in [6.45, 7) is 3.82. The second kappa shape index (κ2) is 43.5. The van der Waals surface area contributed by atoms with Crippen LogP contribution in [0.2, 0.25) is 0 Å². The quantitative estimate of drug-likeness (QED) is 0.0219. The highest BCUT2D eigenvalue weighted by molar-refractivity contribution is 9.09. The highest BCUT2D eigenvalue weighted by atomic mass is 79.9. The van der Waals surface area contributed by atoms with Gasteiger partial charge >= 0.3 is 5.97 Å². The van der Waals surface area contributed by atoms with Crippen molar-refractivity contribution < 1.29 is 143 Å². The molecular weight excluding hydrogens is 1740 g/mol. The van der Waals surface area contributed by atoms with Crippen molar-refractivity contribution in [3.8, 4) is 0 Å². The fraction of sp³-hybridized carbons (Fsp3) is 0.728. The Morgan fingerprint density at radius 1 is 0.685 bits per heavy atom. The molecule has 22 N–H and O–H groups in total. The van der Waals surface area contributed by atoms with E-state index >= 15 is 4.39 Å². The van der Waals surface area contributed by atoms with E-state index in [1.54, 1.807) is 57.8 Å². The number of amides is 4. The summed E-state index contributed by atoms with van der Waals surface area (Å²) in [5.41, 5.74) is 8.06. The van der Waals surface area contributed by atoms with E-state index in [4.69, 9.17) is 49.4 Å². The SMILES string of the molecule is C[C@@H]1C[C@H]2[C@@H]3CCC4=CC(=O)C=C[C@]4(C)[C@@]3(F)[C@@H](O)C[C@]2(C)[C@@]1(O)C(=O)NCCSCCCCCCO[C@@H]1O[C@H](CO)[C@@H](O[C@@H]2O[C@H](CO)[C@@H](O[C@@H]3O[C@H](CO)[C@@H](O[C@@H]4O[C@H](CSCCNC(=O)CCCCCNC(=O)CC[C@H](NC(=O)c5ccc(N(C)Cc6cnc7nc(N)nc(N)c7n6)cc5)C(=O)O)[C@@H](Br)[C@H](O)[C@H]4O)[C@H](O)[C@H]3O)[C@H](O)[C@H]2O)[C@H](O)[C@H]1O. The van der Waals surface area contributed by atoms with E-state index in [0.29, 0.717) is 91.9 Å². The average Bonchev–Trinajstić information content (AvgIpc) is 1.25. The van der Waals surface area contributed by atoms with Gasteiger partial charge in [0.25, 0.3) is 11.8 Å². The van der Waals surface area contributed by atoms with E-state index in [0.717, 1.165) is 18.6 Å². The second-order valence-corrected chi connectivity index (χ2v) is 37.0. The van der Waals surface area contributed by atoms with Gasteiger partial charge in [0, 0.05) is 91.4 Å². The van der Waals surface area contributed by atoms with Gasteiger partial charge in [0.05, 0.1) is 61.4 Å². The molecular formula is C81H119BrFN11O28S2. The van der Waals surface area contributed by atoms with E-state index < -0.39 is 211 Å². The Labute approximate surface area is 732 Å². The van der Waals surface area contributed by atoms with Gasteiger partial charge in [0.1, 0.15) is 85.4 Å². The summed E-state index contributed by atoms with van der Waals surface area (Å²) in [6, 6.07) is 5.08. The maximum absolute atomic E-state index is 17.6. The van der Waals surface area contributed by atoms with E-state index in [1.807, 2.05) is 4.90 Å². The molecule has 3 saturated carbocycles. The number of benzene rings is 1. The van der Waals surface area contributed by atoms with Crippen LogP contribution in [-0.4, -0.2) is 348 Å². The number of nitrogens with one attached hydrogen (secondary N) is 4. The molecule has 4 amide bonds. The van der Waals surface area contributed by atoms with Crippen LogP contribution >= 0.6 is 39.5 Å². The molecule has 4 aliphatic carbocycles. The maximum atomic E-state index is 17.6. The normalized spacial score (nSPS) is 36.1. The van der Waals surface area contributed by atoms with Crippen LogP contribution in [0.3, 0.4) is 0 Å². The number of alkyl halides is 2. The number of aliphatic carboxylic acids is 1. The molecule has 124 heavy (non-hydrogen) atoms. The van der Waals surface area contributed by atoms with Crippen molar-refractivity contribution in [2.24, 2.45) is 28.6 Å². The largest absolute Gasteiger partial charge is 0.480 e. The second-order valence-electron chi connectivity index (χ2n) is 33.6. The standard InChI is InChI=1S/C81H119BrFN11O28S2/c1-39-30-46-45-18-15-41-31-44(98)21-22-78(41,2)80(45,83)52(99)32-79(46,3)81(39,114)76(113)88-25-28-123-27-11-6-5-10-26-115-72-62(107)58(103)65(48(35-95)116-72)121-74-64(109)60(105)67(50(37-97)118-74)122-75-63(108)59(104)66(49(36-96)117-75)120-73-61(106)57(102)55(82)51(119-73)38-124-29-24-87-53(100)12-8-7-9-23-86-54(101)20-19-47(71(111)112)91-70(110)40-13-16-43(17-14-40)94(4)34-42-33-89-69-56(90-42)68(84)92-77(85)93-69/h13-14,16-17,21-22,31,33,39,45-52,55,57-67,72-75,95-97,99,102-109,114H,5-12,15,18-20,23-30,32,34-38H2,1-4H3,(H,86,101)(H,87,100)(H,88,113)(H,91,110)(H,111,112)(H4,84,85,89,92,93)/t39-,45+,46+,47+,48-,49-,50-,51-,52+,55-,57+,58-,59-,60-,61-,62-,63-,64-,65-,66-,67-,72-,73+,74+,75+,78+,79+,80+,81+/m1/s1. The molecule has 0 spiro atoms. The topological polar surface area (TPSA) is 614 Å². The molecule has 8 aliphatic rings. The van der Waals surface area contributed by atoms with Gasteiger partial charge in [-0.3, -0.25) is 24.0 Å². The van der Waals surface area contributed by atoms with Crippen LogP contribution in [0.25, 0.3) is 11.2 Å². The number of fused-ring (bicyclic) bond motifs is 6. The van der Waals surface area contributed by atoms with Crippen LogP contribution in [0.4, 0.5) is 21.8 Å². The first-order valence-electron chi connectivity index (χ1n) is 42.0. The number of hydrogen-bond donors (Lipinski definition) is 20. The number of thioether (sulfide) groups is 2. The lowest BCUT2D eigenvalue weighted by Crippen LogP contribution is -2.70. The molecule has 1 aromatic carbocycles. The minimum atomic E-state index is -2.08. The van der Waals surface area contributed by atoms with Gasteiger partial charge in [0.15, 0.2) is 59.2 Å². The molecule has 4 aliphatic heterocycles. The molecule has 4 saturated heterocycles. The predicted molar refractivity (Wildman–Crippen MR) is 446 cm³/mol. The number of nitrogens with two attached hydrogens (primary N) is 2. The Bertz CT molecular complexity index is 4190. The van der Waals surface area contributed by atoms with Gasteiger partial charge in [-0.15, -0.1) is 0 Å². The van der Waals surface area contributed by atoms with Crippen molar-refractivity contribution in [2.45, 2.75) is 262 Å². The van der Waals surface area contributed by atoms with Crippen LogP contribution in [0.5, 0.6) is 0 Å². The summed E-state index contributed by atoms with van der Waals surface area (Å²) in [5, 5.41) is 167. The number of unbranched alkanes of at least 4 members (excludes halogenated alkanes) is 5. The molecule has 0 radical (unpaired) electrons. The number of carbonyl (C=O) groups is 6. The summed E-state index contributed by atoms with van der Waals surface area (Å²) in [5.74, 6) is -2.98. The summed E-state index contributed by atoms with van der Waals surface area (Å²) in [4.78, 5) is 94.5. The van der Waals surface area contributed by atoms with Crippen LogP contribution < -0.4 is 37.6 Å². The van der Waals surface area contributed by atoms with E-state index in [1.165, 1.54) is 42.2 Å². The monoisotopic (exact) mass is 1860 g/mol. The molecule has 0 bridgehead atoms. The molecule has 3 aromatic rings. The van der Waals surface area contributed by atoms with Gasteiger partial charge in [-0.25, -0.2) is 19.2 Å². The molecule has 692 valence electrons. The number of aliphatic hydroxyl groups is 13. The molecule has 11 rings (SSSR count). The van der Waals surface area contributed by atoms with Gasteiger partial charge in [-0.1, -0.05) is 60.7 Å². The number of nitrogen functional groups attached to an aromatic ring is 2. The zero-order valence-electron chi connectivity index (χ0n) is 69.4. The minimum absolute atomic E-state index is 0.0239. The fourth-order valence-electron chi connectivity index (χ4n) is 18.5. The van der Waals surface area contributed by atoms with Crippen LogP contribution in [-0.2, 0) is 68.4 Å². The predicted octanol–water partition coefficient (Wildman–Crippen LogP) is -1.83. The Hall–Kier alpha value is -6.19. The lowest BCUT2D eigenvalue weighted by atomic mass is 9.44. The number of allylic oxidation sites excluding steroid dienone is 4. The van der Waals surface area contributed by atoms with Crippen molar-refractivity contribution in [3.05, 3.63) is 65.5 Å². The number of aliphatic hydroxyl groups excluding tert-OH is 12. The minimum Gasteiger partial charge on any atom is -0.480 e. The number of carboxylic acids is 1. The lowest BCUT2D eigenvalue weighted by molar-refractivity contribution is -0.386. The smallest absolute Gasteiger partial charge is 0.326 e. The molecule has 0 unspecified atom stereocenters. The average molecular weight is 1860 g/mol. The molecule has 39 nitrogen and oxygen atoms in total. The van der Waals surface area contributed by atoms with Gasteiger partial charge in [0.2, 0.25) is 17.8 Å².